The summed E-state index contributed by atoms with van der Waals surface area (Å²) in [5.41, 5.74) is 3.18. The van der Waals surface area contributed by atoms with E-state index in [4.69, 9.17) is 4.74 Å². The smallest absolute Gasteiger partial charge is 0.261 e. The summed E-state index contributed by atoms with van der Waals surface area (Å²) in [6.45, 7) is 10.9. The predicted octanol–water partition coefficient (Wildman–Crippen LogP) is 4.26. The maximum absolute atomic E-state index is 13.2. The summed E-state index contributed by atoms with van der Waals surface area (Å²) >= 11 is 0. The highest BCUT2D eigenvalue weighted by molar-refractivity contribution is 5.88. The van der Waals surface area contributed by atoms with Gasteiger partial charge in [-0.15, -0.1) is 0 Å². The van der Waals surface area contributed by atoms with E-state index in [1.807, 2.05) is 83.1 Å². The van der Waals surface area contributed by atoms with E-state index in [2.05, 4.69) is 5.32 Å². The van der Waals surface area contributed by atoms with Crippen molar-refractivity contribution in [2.24, 2.45) is 5.92 Å². The van der Waals surface area contributed by atoms with Crippen molar-refractivity contribution in [1.29, 1.82) is 0 Å². The average molecular weight is 411 g/mol. The maximum atomic E-state index is 13.2. The Balaban J connectivity index is 2.21. The summed E-state index contributed by atoms with van der Waals surface area (Å²) in [5, 5.41) is 2.98. The van der Waals surface area contributed by atoms with Gasteiger partial charge in [-0.2, -0.15) is 0 Å². The van der Waals surface area contributed by atoms with E-state index in [-0.39, 0.29) is 18.4 Å². The van der Waals surface area contributed by atoms with Gasteiger partial charge in [0.2, 0.25) is 5.91 Å². The molecule has 0 radical (unpaired) electrons. The van der Waals surface area contributed by atoms with E-state index >= 15 is 0 Å². The van der Waals surface area contributed by atoms with Crippen LogP contribution in [-0.4, -0.2) is 35.9 Å². The molecule has 0 saturated heterocycles. The number of hydrogen-bond acceptors (Lipinski definition) is 3. The molecular weight excluding hydrogens is 376 g/mol. The molecule has 0 heterocycles. The molecule has 0 saturated carbocycles. The van der Waals surface area contributed by atoms with Gasteiger partial charge in [0.1, 0.15) is 11.8 Å². The van der Waals surface area contributed by atoms with E-state index in [9.17, 15) is 9.59 Å². The first kappa shape index (κ1) is 23.5. The van der Waals surface area contributed by atoms with Gasteiger partial charge < -0.3 is 15.0 Å². The van der Waals surface area contributed by atoms with Gasteiger partial charge >= 0.3 is 0 Å². The lowest BCUT2D eigenvalue weighted by molar-refractivity contribution is -0.143. The number of carbonyl (C=O) groups excluding carboxylic acids is 2. The van der Waals surface area contributed by atoms with Crippen LogP contribution in [-0.2, 0) is 16.1 Å². The molecular formula is C25H34N2O3. The third kappa shape index (κ3) is 6.90. The number of carbonyl (C=O) groups is 2. The van der Waals surface area contributed by atoms with Crippen molar-refractivity contribution in [3.63, 3.8) is 0 Å². The molecule has 5 nitrogen and oxygen atoms in total. The van der Waals surface area contributed by atoms with E-state index in [0.29, 0.717) is 31.2 Å². The van der Waals surface area contributed by atoms with E-state index < -0.39 is 6.04 Å². The number of nitrogens with zero attached hydrogens (tertiary/aromatic N) is 1. The Morgan fingerprint density at radius 1 is 1.07 bits per heavy atom. The van der Waals surface area contributed by atoms with Gasteiger partial charge in [0.25, 0.3) is 5.91 Å². The topological polar surface area (TPSA) is 58.6 Å². The Bertz CT molecular complexity index is 848. The van der Waals surface area contributed by atoms with Crippen molar-refractivity contribution in [3.05, 3.63) is 65.2 Å². The summed E-state index contributed by atoms with van der Waals surface area (Å²) in [6.07, 6.45) is 0.534. The largest absolute Gasteiger partial charge is 0.484 e. The van der Waals surface area contributed by atoms with Crippen LogP contribution < -0.4 is 10.1 Å². The minimum Gasteiger partial charge on any atom is -0.484 e. The van der Waals surface area contributed by atoms with Crippen LogP contribution in [0.2, 0.25) is 0 Å². The number of amides is 2. The molecule has 1 atom stereocenters. The molecule has 0 unspecified atom stereocenters. The average Bonchev–Trinajstić information content (AvgIpc) is 2.71. The fraction of sp³-hybridized carbons (Fsp3) is 0.440. The fourth-order valence-electron chi connectivity index (χ4n) is 3.25. The van der Waals surface area contributed by atoms with Gasteiger partial charge in [0, 0.05) is 13.1 Å². The Morgan fingerprint density at radius 2 is 1.80 bits per heavy atom. The normalized spacial score (nSPS) is 11.8. The minimum absolute atomic E-state index is 0.108. The molecule has 2 aromatic rings. The van der Waals surface area contributed by atoms with E-state index in [0.717, 1.165) is 16.7 Å². The van der Waals surface area contributed by atoms with Crippen LogP contribution in [0, 0.1) is 19.8 Å². The van der Waals surface area contributed by atoms with Crippen molar-refractivity contribution in [3.8, 4) is 5.75 Å². The zero-order valence-corrected chi connectivity index (χ0v) is 18.8. The van der Waals surface area contributed by atoms with Crippen LogP contribution in [0.3, 0.4) is 0 Å². The monoisotopic (exact) mass is 410 g/mol. The lowest BCUT2D eigenvalue weighted by atomic mass is 10.1. The lowest BCUT2D eigenvalue weighted by Gasteiger charge is -2.31. The fourth-order valence-corrected chi connectivity index (χ4v) is 3.25. The first-order valence-electron chi connectivity index (χ1n) is 10.6. The highest BCUT2D eigenvalue weighted by Gasteiger charge is 2.29. The van der Waals surface area contributed by atoms with Crippen molar-refractivity contribution in [2.75, 3.05) is 13.2 Å². The molecule has 0 aromatic heterocycles. The quantitative estimate of drug-likeness (QED) is 0.637. The van der Waals surface area contributed by atoms with Gasteiger partial charge in [-0.3, -0.25) is 9.59 Å². The predicted molar refractivity (Wildman–Crippen MR) is 120 cm³/mol. The Kier molecular flexibility index (Phi) is 8.90. The van der Waals surface area contributed by atoms with Crippen molar-refractivity contribution < 1.29 is 14.3 Å². The SMILES string of the molecule is CC[C@@H](C(=O)NCC(C)C)N(Cc1ccccc1C)C(=O)COc1cccc(C)c1. The number of aryl methyl sites for hydroxylation is 2. The molecule has 2 rings (SSSR count). The summed E-state index contributed by atoms with van der Waals surface area (Å²) in [7, 11) is 0. The zero-order chi connectivity index (χ0) is 22.1. The molecule has 2 aromatic carbocycles. The second kappa shape index (κ2) is 11.4. The summed E-state index contributed by atoms with van der Waals surface area (Å²) in [4.78, 5) is 27.7. The molecule has 0 aliphatic carbocycles. The van der Waals surface area contributed by atoms with Crippen LogP contribution in [0.15, 0.2) is 48.5 Å². The number of benzene rings is 2. The van der Waals surface area contributed by atoms with Crippen LogP contribution in [0.5, 0.6) is 5.75 Å². The first-order chi connectivity index (χ1) is 14.3. The molecule has 0 aliphatic heterocycles. The zero-order valence-electron chi connectivity index (χ0n) is 18.8. The Morgan fingerprint density at radius 3 is 2.43 bits per heavy atom. The number of ether oxygens (including phenoxy) is 1. The molecule has 5 heteroatoms. The van der Waals surface area contributed by atoms with Crippen LogP contribution >= 0.6 is 0 Å². The van der Waals surface area contributed by atoms with Gasteiger partial charge in [0.15, 0.2) is 6.61 Å². The van der Waals surface area contributed by atoms with Crippen LogP contribution in [0.1, 0.15) is 43.9 Å². The number of nitrogens with one attached hydrogen (secondary N) is 1. The van der Waals surface area contributed by atoms with Crippen LogP contribution in [0.25, 0.3) is 0 Å². The molecule has 0 bridgehead atoms. The third-order valence-corrected chi connectivity index (χ3v) is 5.02. The molecule has 0 fully saturated rings. The second-order valence-corrected chi connectivity index (χ2v) is 8.12. The molecule has 0 aliphatic rings. The van der Waals surface area contributed by atoms with Gasteiger partial charge in [-0.05, 0) is 55.0 Å². The molecule has 162 valence electrons. The van der Waals surface area contributed by atoms with Crippen molar-refractivity contribution >= 4 is 11.8 Å². The third-order valence-electron chi connectivity index (χ3n) is 5.02. The number of rotatable bonds is 10. The van der Waals surface area contributed by atoms with Crippen LogP contribution in [0.4, 0.5) is 0 Å². The number of hydrogen-bond donors (Lipinski definition) is 1. The van der Waals surface area contributed by atoms with Gasteiger partial charge in [0.05, 0.1) is 0 Å². The minimum atomic E-state index is -0.544. The maximum Gasteiger partial charge on any atom is 0.261 e. The molecule has 0 spiro atoms. The van der Waals surface area contributed by atoms with E-state index in [1.165, 1.54) is 0 Å². The Labute approximate surface area is 180 Å². The Hall–Kier alpha value is -2.82. The highest BCUT2D eigenvalue weighted by Crippen LogP contribution is 2.17. The first-order valence-corrected chi connectivity index (χ1v) is 10.6. The van der Waals surface area contributed by atoms with E-state index in [1.54, 1.807) is 4.90 Å². The summed E-state index contributed by atoms with van der Waals surface area (Å²) < 4.78 is 5.75. The van der Waals surface area contributed by atoms with Crippen molar-refractivity contribution in [2.45, 2.75) is 53.6 Å². The van der Waals surface area contributed by atoms with Gasteiger partial charge in [-0.1, -0.05) is 57.2 Å². The summed E-state index contributed by atoms with van der Waals surface area (Å²) in [6, 6.07) is 15.0. The molecule has 1 N–H and O–H groups in total. The molecule has 2 amide bonds. The molecule has 30 heavy (non-hydrogen) atoms. The second-order valence-electron chi connectivity index (χ2n) is 8.12. The van der Waals surface area contributed by atoms with Gasteiger partial charge in [-0.25, -0.2) is 0 Å². The lowest BCUT2D eigenvalue weighted by Crippen LogP contribution is -2.50. The summed E-state index contributed by atoms with van der Waals surface area (Å²) in [5.74, 6) is 0.670. The standard InChI is InChI=1S/C25H34N2O3/c1-6-23(25(29)26-15-18(2)3)27(16-21-12-8-7-11-20(21)5)24(28)17-30-22-13-9-10-19(4)14-22/h7-14,18,23H,6,15-17H2,1-5H3,(H,26,29)/t23-/m0/s1. The highest BCUT2D eigenvalue weighted by atomic mass is 16.5. The van der Waals surface area contributed by atoms with Crippen molar-refractivity contribution in [1.82, 2.24) is 10.2 Å².